The van der Waals surface area contributed by atoms with E-state index in [1.807, 2.05) is 10.8 Å². The number of nitrogens with zero attached hydrogens (tertiary/aromatic N) is 6. The minimum atomic E-state index is -4.54. The second-order valence-electron chi connectivity index (χ2n) is 7.68. The van der Waals surface area contributed by atoms with Crippen LogP contribution in [0.5, 0.6) is 0 Å². The van der Waals surface area contributed by atoms with Crippen LogP contribution in [-0.2, 0) is 22.4 Å². The van der Waals surface area contributed by atoms with Crippen LogP contribution in [0.25, 0.3) is 0 Å². The standard InChI is InChI=1S/C19H22F3N7O2/c20-19(21,22)15-9-16(26-12-25-15)29-7-1-3-18(11-29)10-14(27-31-18)17(30)24-4-2-6-28-8-5-23-13-28/h5,8-9,12-13H,1-4,6-7,10-11H2,(H,24,30)/t18-/m1/s1. The smallest absolute Gasteiger partial charge is 0.386 e. The van der Waals surface area contributed by atoms with Gasteiger partial charge in [-0.1, -0.05) is 5.16 Å². The summed E-state index contributed by atoms with van der Waals surface area (Å²) in [6, 6.07) is 0.933. The van der Waals surface area contributed by atoms with E-state index >= 15 is 0 Å². The highest BCUT2D eigenvalue weighted by atomic mass is 19.4. The molecule has 2 aromatic heterocycles. The molecule has 1 saturated heterocycles. The number of hydrogen-bond donors (Lipinski definition) is 1. The van der Waals surface area contributed by atoms with Crippen molar-refractivity contribution in [1.29, 1.82) is 0 Å². The molecule has 0 radical (unpaired) electrons. The average Bonchev–Trinajstić information content (AvgIpc) is 3.41. The summed E-state index contributed by atoms with van der Waals surface area (Å²) in [6.45, 7) is 2.05. The van der Waals surface area contributed by atoms with E-state index in [1.54, 1.807) is 17.4 Å². The number of oxime groups is 1. The van der Waals surface area contributed by atoms with Gasteiger partial charge < -0.3 is 19.6 Å². The molecule has 0 aliphatic carbocycles. The molecule has 2 aromatic rings. The maximum atomic E-state index is 13.0. The molecule has 1 spiro atoms. The zero-order valence-electron chi connectivity index (χ0n) is 16.7. The predicted molar refractivity (Wildman–Crippen MR) is 104 cm³/mol. The number of rotatable bonds is 6. The molecule has 1 N–H and O–H groups in total. The summed E-state index contributed by atoms with van der Waals surface area (Å²) in [5, 5.41) is 6.81. The topological polar surface area (TPSA) is 97.5 Å². The second-order valence-corrected chi connectivity index (χ2v) is 7.68. The molecule has 0 unspecified atom stereocenters. The number of nitrogens with one attached hydrogen (secondary N) is 1. The Kier molecular flexibility index (Phi) is 5.79. The monoisotopic (exact) mass is 437 g/mol. The molecule has 2 aliphatic rings. The molecule has 166 valence electrons. The van der Waals surface area contributed by atoms with Gasteiger partial charge in [0.05, 0.1) is 12.9 Å². The number of amides is 1. The van der Waals surface area contributed by atoms with Crippen molar-refractivity contribution in [3.63, 3.8) is 0 Å². The summed E-state index contributed by atoms with van der Waals surface area (Å²) in [6.07, 6.45) is 4.01. The first kappa shape index (κ1) is 21.1. The second kappa shape index (κ2) is 8.52. The van der Waals surface area contributed by atoms with E-state index in [2.05, 4.69) is 25.4 Å². The summed E-state index contributed by atoms with van der Waals surface area (Å²) in [7, 11) is 0. The van der Waals surface area contributed by atoms with Crippen molar-refractivity contribution < 1.29 is 22.8 Å². The van der Waals surface area contributed by atoms with Gasteiger partial charge in [0.15, 0.2) is 5.60 Å². The van der Waals surface area contributed by atoms with Crippen molar-refractivity contribution in [2.45, 2.75) is 44.0 Å². The van der Waals surface area contributed by atoms with Crippen LogP contribution in [-0.4, -0.2) is 56.4 Å². The quantitative estimate of drug-likeness (QED) is 0.695. The summed E-state index contributed by atoms with van der Waals surface area (Å²) in [5.41, 5.74) is -1.44. The van der Waals surface area contributed by atoms with Gasteiger partial charge in [0.2, 0.25) is 0 Å². The highest BCUT2D eigenvalue weighted by molar-refractivity contribution is 6.39. The first-order valence-electron chi connectivity index (χ1n) is 9.98. The van der Waals surface area contributed by atoms with Crippen molar-refractivity contribution in [3.8, 4) is 0 Å². The van der Waals surface area contributed by atoms with Crippen LogP contribution in [0, 0.1) is 0 Å². The molecule has 4 rings (SSSR count). The number of hydrogen-bond acceptors (Lipinski definition) is 7. The van der Waals surface area contributed by atoms with E-state index in [1.165, 1.54) is 0 Å². The Morgan fingerprint density at radius 3 is 2.97 bits per heavy atom. The Morgan fingerprint density at radius 1 is 1.32 bits per heavy atom. The number of carbonyl (C=O) groups is 1. The van der Waals surface area contributed by atoms with Gasteiger partial charge in [-0.3, -0.25) is 4.79 Å². The molecule has 0 saturated carbocycles. The van der Waals surface area contributed by atoms with Crippen molar-refractivity contribution in [2.24, 2.45) is 5.16 Å². The molecule has 12 heteroatoms. The third-order valence-corrected chi connectivity index (χ3v) is 5.35. The largest absolute Gasteiger partial charge is 0.433 e. The number of halogens is 3. The lowest BCUT2D eigenvalue weighted by Crippen LogP contribution is -2.49. The van der Waals surface area contributed by atoms with Crippen LogP contribution in [0.3, 0.4) is 0 Å². The van der Waals surface area contributed by atoms with Crippen LogP contribution < -0.4 is 10.2 Å². The molecule has 1 atom stereocenters. The first-order chi connectivity index (χ1) is 14.8. The van der Waals surface area contributed by atoms with Gasteiger partial charge in [-0.25, -0.2) is 15.0 Å². The third-order valence-electron chi connectivity index (χ3n) is 5.35. The number of alkyl halides is 3. The third kappa shape index (κ3) is 4.94. The summed E-state index contributed by atoms with van der Waals surface area (Å²) >= 11 is 0. The van der Waals surface area contributed by atoms with E-state index in [0.717, 1.165) is 25.4 Å². The maximum absolute atomic E-state index is 13.0. The lowest BCUT2D eigenvalue weighted by Gasteiger charge is -2.38. The molecular weight excluding hydrogens is 415 g/mol. The van der Waals surface area contributed by atoms with Gasteiger partial charge >= 0.3 is 6.18 Å². The molecule has 0 aromatic carbocycles. The average molecular weight is 437 g/mol. The summed E-state index contributed by atoms with van der Waals surface area (Å²) < 4.78 is 40.9. The Hall–Kier alpha value is -3.18. The van der Waals surface area contributed by atoms with Gasteiger partial charge in [0.25, 0.3) is 5.91 Å². The van der Waals surface area contributed by atoms with Gasteiger partial charge in [-0.05, 0) is 19.3 Å². The summed E-state index contributed by atoms with van der Waals surface area (Å²) in [4.78, 5) is 31.1. The van der Waals surface area contributed by atoms with E-state index in [4.69, 9.17) is 4.84 Å². The van der Waals surface area contributed by atoms with Crippen molar-refractivity contribution in [2.75, 3.05) is 24.5 Å². The zero-order valence-corrected chi connectivity index (χ0v) is 16.7. The Bertz CT molecular complexity index is 948. The van der Waals surface area contributed by atoms with Gasteiger partial charge in [-0.15, -0.1) is 0 Å². The maximum Gasteiger partial charge on any atom is 0.433 e. The van der Waals surface area contributed by atoms with Gasteiger partial charge in [0, 0.05) is 44.5 Å². The fraction of sp³-hybridized carbons (Fsp3) is 0.526. The fourth-order valence-corrected chi connectivity index (χ4v) is 3.82. The van der Waals surface area contributed by atoms with E-state index in [9.17, 15) is 18.0 Å². The van der Waals surface area contributed by atoms with Crippen molar-refractivity contribution in [3.05, 3.63) is 36.8 Å². The van der Waals surface area contributed by atoms with E-state index in [0.29, 0.717) is 44.6 Å². The lowest BCUT2D eigenvalue weighted by molar-refractivity contribution is -0.141. The minimum absolute atomic E-state index is 0.183. The van der Waals surface area contributed by atoms with Crippen LogP contribution in [0.15, 0.2) is 36.3 Å². The van der Waals surface area contributed by atoms with Crippen LogP contribution in [0.2, 0.25) is 0 Å². The van der Waals surface area contributed by atoms with E-state index in [-0.39, 0.29) is 11.7 Å². The number of aryl methyl sites for hydroxylation is 1. The predicted octanol–water partition coefficient (Wildman–Crippen LogP) is 2.01. The number of imidazole rings is 1. The lowest BCUT2D eigenvalue weighted by atomic mass is 9.88. The van der Waals surface area contributed by atoms with Crippen molar-refractivity contribution in [1.82, 2.24) is 24.8 Å². The SMILES string of the molecule is O=C(NCCCn1ccnc1)C1=NO[C@]2(CCCN(c3cc(C(F)(F)F)ncn3)C2)C1. The van der Waals surface area contributed by atoms with E-state index < -0.39 is 17.5 Å². The first-order valence-corrected chi connectivity index (χ1v) is 9.98. The molecule has 4 heterocycles. The number of piperidine rings is 1. The van der Waals surface area contributed by atoms with Gasteiger partial charge in [0.1, 0.15) is 23.6 Å². The Morgan fingerprint density at radius 2 is 2.19 bits per heavy atom. The molecule has 1 amide bonds. The fourth-order valence-electron chi connectivity index (χ4n) is 3.82. The van der Waals surface area contributed by atoms with Crippen LogP contribution in [0.4, 0.5) is 19.0 Å². The van der Waals surface area contributed by atoms with Crippen LogP contribution >= 0.6 is 0 Å². The molecule has 31 heavy (non-hydrogen) atoms. The van der Waals surface area contributed by atoms with Crippen molar-refractivity contribution >= 4 is 17.4 Å². The highest BCUT2D eigenvalue weighted by Crippen LogP contribution is 2.36. The minimum Gasteiger partial charge on any atom is -0.386 e. The number of aromatic nitrogens is 4. The Labute approximate surface area is 176 Å². The summed E-state index contributed by atoms with van der Waals surface area (Å²) in [5.74, 6) is -0.108. The number of anilines is 1. The molecule has 0 bridgehead atoms. The normalized spacial score (nSPS) is 21.1. The van der Waals surface area contributed by atoms with Gasteiger partial charge in [-0.2, -0.15) is 13.2 Å². The van der Waals surface area contributed by atoms with Crippen LogP contribution in [0.1, 0.15) is 31.4 Å². The molecule has 9 nitrogen and oxygen atoms in total. The zero-order chi connectivity index (χ0) is 21.9. The Balaban J connectivity index is 1.32. The highest BCUT2D eigenvalue weighted by Gasteiger charge is 2.45. The molecular formula is C19H22F3N7O2. The molecule has 1 fully saturated rings. The number of carbonyl (C=O) groups excluding carboxylic acids is 1. The molecule has 2 aliphatic heterocycles.